The summed E-state index contributed by atoms with van der Waals surface area (Å²) < 4.78 is 0. The SMILES string of the molecule is c1ccc(-c2ccc(-c3nc(-c4cccc(-c5cccc(-c6nc7ccccc7c7c8c(ccc67)C(c6ccccc6)(c6ccccc6)c6ccccc6-8)c5)c4)nc4ccccc34)cc2)cc1. The molecule has 1 aliphatic rings. The Bertz CT molecular complexity index is 3800. The largest absolute Gasteiger partial charge is 0.247 e. The van der Waals surface area contributed by atoms with Gasteiger partial charge in [-0.2, -0.15) is 0 Å². The third kappa shape index (κ3) is 6.24. The molecule has 312 valence electrons. The van der Waals surface area contributed by atoms with Crippen molar-refractivity contribution < 1.29 is 0 Å². The van der Waals surface area contributed by atoms with Crippen LogP contribution in [0.5, 0.6) is 0 Å². The molecule has 2 aromatic heterocycles. The molecule has 67 heavy (non-hydrogen) atoms. The van der Waals surface area contributed by atoms with Crippen molar-refractivity contribution in [2.45, 2.75) is 5.41 Å². The van der Waals surface area contributed by atoms with Crippen molar-refractivity contribution in [3.63, 3.8) is 0 Å². The molecule has 1 aliphatic carbocycles. The molecule has 0 unspecified atom stereocenters. The Labute approximate surface area is 389 Å². The Hall–Kier alpha value is -8.79. The molecule has 3 heteroatoms. The van der Waals surface area contributed by atoms with E-state index >= 15 is 0 Å². The number of pyridine rings is 1. The quantitative estimate of drug-likeness (QED) is 0.150. The van der Waals surface area contributed by atoms with E-state index in [1.807, 2.05) is 12.1 Å². The summed E-state index contributed by atoms with van der Waals surface area (Å²) in [6.07, 6.45) is 0. The van der Waals surface area contributed by atoms with Gasteiger partial charge in [-0.1, -0.05) is 224 Å². The Morgan fingerprint density at radius 1 is 0.284 bits per heavy atom. The highest BCUT2D eigenvalue weighted by Gasteiger charge is 2.46. The van der Waals surface area contributed by atoms with Crippen LogP contribution in [0.4, 0.5) is 0 Å². The second kappa shape index (κ2) is 15.7. The van der Waals surface area contributed by atoms with E-state index in [1.165, 1.54) is 49.9 Å². The van der Waals surface area contributed by atoms with Crippen molar-refractivity contribution in [3.8, 4) is 67.3 Å². The van der Waals surface area contributed by atoms with Gasteiger partial charge in [-0.25, -0.2) is 15.0 Å². The lowest BCUT2D eigenvalue weighted by Crippen LogP contribution is -2.28. The molecule has 13 rings (SSSR count). The average molecular weight is 852 g/mol. The van der Waals surface area contributed by atoms with Crippen LogP contribution >= 0.6 is 0 Å². The summed E-state index contributed by atoms with van der Waals surface area (Å²) in [5.41, 5.74) is 18.5. The second-order valence-corrected chi connectivity index (χ2v) is 17.4. The fraction of sp³-hybridized carbons (Fsp3) is 0.0156. The maximum Gasteiger partial charge on any atom is 0.160 e. The zero-order valence-electron chi connectivity index (χ0n) is 36.5. The van der Waals surface area contributed by atoms with Crippen molar-refractivity contribution in [2.24, 2.45) is 0 Å². The van der Waals surface area contributed by atoms with E-state index in [9.17, 15) is 0 Å². The molecule has 0 saturated heterocycles. The number of para-hydroxylation sites is 2. The van der Waals surface area contributed by atoms with Crippen LogP contribution in [0.25, 0.3) is 99.9 Å². The smallest absolute Gasteiger partial charge is 0.160 e. The topological polar surface area (TPSA) is 38.7 Å². The zero-order chi connectivity index (χ0) is 44.3. The molecule has 0 aliphatic heterocycles. The van der Waals surface area contributed by atoms with Crippen molar-refractivity contribution in [3.05, 3.63) is 271 Å². The molecule has 0 atom stereocenters. The number of benzene rings is 10. The minimum Gasteiger partial charge on any atom is -0.247 e. The van der Waals surface area contributed by atoms with Crippen LogP contribution < -0.4 is 0 Å². The fourth-order valence-corrected chi connectivity index (χ4v) is 10.8. The van der Waals surface area contributed by atoms with E-state index in [2.05, 4.69) is 237 Å². The number of aromatic nitrogens is 3. The Kier molecular flexibility index (Phi) is 9.07. The van der Waals surface area contributed by atoms with E-state index in [1.54, 1.807) is 0 Å². The van der Waals surface area contributed by atoms with E-state index < -0.39 is 5.41 Å². The normalized spacial score (nSPS) is 12.6. The number of rotatable bonds is 7. The summed E-state index contributed by atoms with van der Waals surface area (Å²) in [7, 11) is 0. The molecule has 10 aromatic carbocycles. The number of nitrogens with zero attached hydrogens (tertiary/aromatic N) is 3. The van der Waals surface area contributed by atoms with E-state index in [0.717, 1.165) is 66.4 Å². The number of hydrogen-bond donors (Lipinski definition) is 0. The van der Waals surface area contributed by atoms with Gasteiger partial charge in [-0.15, -0.1) is 0 Å². The van der Waals surface area contributed by atoms with Gasteiger partial charge in [0.25, 0.3) is 0 Å². The van der Waals surface area contributed by atoms with Crippen LogP contribution in [0, 0.1) is 0 Å². The van der Waals surface area contributed by atoms with Crippen LogP contribution in [0.3, 0.4) is 0 Å². The summed E-state index contributed by atoms with van der Waals surface area (Å²) in [6.45, 7) is 0. The minimum absolute atomic E-state index is 0.499. The van der Waals surface area contributed by atoms with Gasteiger partial charge >= 0.3 is 0 Å². The van der Waals surface area contributed by atoms with Gasteiger partial charge in [0.2, 0.25) is 0 Å². The van der Waals surface area contributed by atoms with Crippen LogP contribution in [0.1, 0.15) is 22.3 Å². The predicted molar refractivity (Wildman–Crippen MR) is 277 cm³/mol. The second-order valence-electron chi connectivity index (χ2n) is 17.4. The summed E-state index contributed by atoms with van der Waals surface area (Å²) in [5, 5.41) is 4.53. The third-order valence-corrected chi connectivity index (χ3v) is 13.7. The molecule has 0 amide bonds. The highest BCUT2D eigenvalue weighted by molar-refractivity contribution is 6.19. The number of hydrogen-bond acceptors (Lipinski definition) is 3. The Morgan fingerprint density at radius 2 is 0.791 bits per heavy atom. The lowest BCUT2D eigenvalue weighted by atomic mass is 9.67. The van der Waals surface area contributed by atoms with Crippen LogP contribution in [0.2, 0.25) is 0 Å². The van der Waals surface area contributed by atoms with Gasteiger partial charge in [0.15, 0.2) is 5.82 Å². The minimum atomic E-state index is -0.499. The molecular weight excluding hydrogens is 811 g/mol. The maximum atomic E-state index is 5.48. The van der Waals surface area contributed by atoms with Gasteiger partial charge < -0.3 is 0 Å². The Morgan fingerprint density at radius 3 is 1.51 bits per heavy atom. The lowest BCUT2D eigenvalue weighted by molar-refractivity contribution is 0.769. The van der Waals surface area contributed by atoms with Gasteiger partial charge in [0.1, 0.15) is 0 Å². The average Bonchev–Trinajstić information content (AvgIpc) is 3.72. The fourth-order valence-electron chi connectivity index (χ4n) is 10.8. The molecular formula is C64H41N3. The molecule has 0 radical (unpaired) electrons. The van der Waals surface area contributed by atoms with Crippen molar-refractivity contribution in [1.82, 2.24) is 15.0 Å². The standard InChI is InChI=1S/C64H41N3/c1-4-18-42(19-5-1)43-34-36-44(37-35-43)61-53-30-12-15-33-58(53)66-63(67-61)48-23-17-21-46(41-48)45-20-16-22-47(40-45)62-54-38-39-56-60(59(54)52-29-11-14-32-57(52)65-62)51-28-10-13-31-55(51)64(56,49-24-6-2-7-25-49)50-26-8-3-9-27-50/h1-41H. The van der Waals surface area contributed by atoms with Gasteiger partial charge in [0.05, 0.1) is 27.8 Å². The molecule has 12 aromatic rings. The van der Waals surface area contributed by atoms with Gasteiger partial charge in [0, 0.05) is 38.2 Å². The van der Waals surface area contributed by atoms with Crippen LogP contribution in [-0.2, 0) is 5.41 Å². The van der Waals surface area contributed by atoms with E-state index in [4.69, 9.17) is 15.0 Å². The molecule has 0 bridgehead atoms. The number of fused-ring (bicyclic) bond motifs is 8. The molecule has 3 nitrogen and oxygen atoms in total. The third-order valence-electron chi connectivity index (χ3n) is 13.7. The van der Waals surface area contributed by atoms with Crippen LogP contribution in [0.15, 0.2) is 249 Å². The van der Waals surface area contributed by atoms with Crippen LogP contribution in [-0.4, -0.2) is 15.0 Å². The molecule has 0 saturated carbocycles. The molecule has 0 fully saturated rings. The predicted octanol–water partition coefficient (Wildman–Crippen LogP) is 16.0. The molecule has 0 spiro atoms. The first kappa shape index (κ1) is 38.6. The summed E-state index contributed by atoms with van der Waals surface area (Å²) in [4.78, 5) is 15.9. The summed E-state index contributed by atoms with van der Waals surface area (Å²) in [6, 6.07) is 89.3. The van der Waals surface area contributed by atoms with E-state index in [0.29, 0.717) is 5.82 Å². The highest BCUT2D eigenvalue weighted by atomic mass is 14.9. The molecule has 2 heterocycles. The first-order chi connectivity index (χ1) is 33.2. The van der Waals surface area contributed by atoms with Crippen molar-refractivity contribution >= 4 is 32.6 Å². The van der Waals surface area contributed by atoms with Crippen molar-refractivity contribution in [2.75, 3.05) is 0 Å². The summed E-state index contributed by atoms with van der Waals surface area (Å²) in [5.74, 6) is 0.692. The lowest BCUT2D eigenvalue weighted by Gasteiger charge is -2.34. The highest BCUT2D eigenvalue weighted by Crippen LogP contribution is 2.58. The first-order valence-corrected chi connectivity index (χ1v) is 22.9. The first-order valence-electron chi connectivity index (χ1n) is 22.9. The maximum absolute atomic E-state index is 5.48. The Balaban J connectivity index is 0.954. The van der Waals surface area contributed by atoms with E-state index in [-0.39, 0.29) is 0 Å². The van der Waals surface area contributed by atoms with Crippen molar-refractivity contribution in [1.29, 1.82) is 0 Å². The van der Waals surface area contributed by atoms with Gasteiger partial charge in [-0.05, 0) is 79.9 Å². The molecule has 0 N–H and O–H groups in total. The summed E-state index contributed by atoms with van der Waals surface area (Å²) >= 11 is 0. The zero-order valence-corrected chi connectivity index (χ0v) is 36.5. The monoisotopic (exact) mass is 851 g/mol. The van der Waals surface area contributed by atoms with Gasteiger partial charge in [-0.3, -0.25) is 0 Å².